The first-order valence-electron chi connectivity index (χ1n) is 9.12. The number of aliphatic imine (C=N–C) groups is 1. The van der Waals surface area contributed by atoms with Crippen LogP contribution in [0.4, 0.5) is 0 Å². The minimum atomic E-state index is 0. The van der Waals surface area contributed by atoms with Gasteiger partial charge < -0.3 is 25.1 Å². The normalized spacial score (nSPS) is 14.7. The van der Waals surface area contributed by atoms with Gasteiger partial charge in [-0.1, -0.05) is 12.8 Å². The molecule has 0 radical (unpaired) electrons. The van der Waals surface area contributed by atoms with E-state index in [0.29, 0.717) is 38.2 Å². The molecule has 0 atom stereocenters. The van der Waals surface area contributed by atoms with E-state index in [9.17, 15) is 4.79 Å². The van der Waals surface area contributed by atoms with Crippen LogP contribution in [0.25, 0.3) is 0 Å². The van der Waals surface area contributed by atoms with Crippen LogP contribution in [0.1, 0.15) is 44.3 Å². The summed E-state index contributed by atoms with van der Waals surface area (Å²) in [6.07, 6.45) is 7.65. The minimum absolute atomic E-state index is 0. The van der Waals surface area contributed by atoms with Crippen LogP contribution >= 0.6 is 24.0 Å². The first kappa shape index (κ1) is 22.8. The smallest absolute Gasteiger partial charge is 0.221 e. The zero-order chi connectivity index (χ0) is 17.7. The number of halogens is 1. The molecule has 8 heteroatoms. The van der Waals surface area contributed by atoms with Crippen molar-refractivity contribution < 1.29 is 13.9 Å². The second kappa shape index (κ2) is 13.9. The molecule has 1 aliphatic rings. The molecule has 0 aromatic carbocycles. The summed E-state index contributed by atoms with van der Waals surface area (Å²) < 4.78 is 10.7. The van der Waals surface area contributed by atoms with Gasteiger partial charge in [-0.3, -0.25) is 9.79 Å². The number of hydrogen-bond acceptors (Lipinski definition) is 4. The maximum atomic E-state index is 11.9. The number of carbonyl (C=O) groups is 1. The summed E-state index contributed by atoms with van der Waals surface area (Å²) in [5.41, 5.74) is 0. The third kappa shape index (κ3) is 9.42. The fourth-order valence-corrected chi connectivity index (χ4v) is 2.83. The molecule has 0 bridgehead atoms. The maximum Gasteiger partial charge on any atom is 0.221 e. The second-order valence-electron chi connectivity index (χ2n) is 6.21. The SMILES string of the molecule is CN=C(NCCCOCc1ccco1)NCCC(=O)NC1CCCC1.I. The van der Waals surface area contributed by atoms with E-state index >= 15 is 0 Å². The fourth-order valence-electron chi connectivity index (χ4n) is 2.83. The standard InChI is InChI=1S/C18H30N4O3.HI/c1-19-18(20-10-5-12-24-14-16-8-4-13-25-16)21-11-9-17(23)22-15-6-2-3-7-15;/h4,8,13,15H,2-3,5-7,9-12,14H2,1H3,(H,22,23)(H2,19,20,21);1H. The molecule has 7 nitrogen and oxygen atoms in total. The molecular weight excluding hydrogens is 447 g/mol. The van der Waals surface area contributed by atoms with Crippen molar-refractivity contribution in [2.45, 2.75) is 51.2 Å². The average molecular weight is 478 g/mol. The zero-order valence-corrected chi connectivity index (χ0v) is 17.8. The summed E-state index contributed by atoms with van der Waals surface area (Å²) >= 11 is 0. The quantitative estimate of drug-likeness (QED) is 0.208. The maximum absolute atomic E-state index is 11.9. The molecular formula is C18H31IN4O3. The van der Waals surface area contributed by atoms with Gasteiger partial charge in [0.05, 0.1) is 6.26 Å². The van der Waals surface area contributed by atoms with Crippen LogP contribution in [-0.2, 0) is 16.1 Å². The molecule has 1 amide bonds. The first-order chi connectivity index (χ1) is 12.3. The van der Waals surface area contributed by atoms with E-state index < -0.39 is 0 Å². The molecule has 148 valence electrons. The number of carbonyl (C=O) groups excluding carboxylic acids is 1. The van der Waals surface area contributed by atoms with Gasteiger partial charge in [0, 0.05) is 39.2 Å². The predicted molar refractivity (Wildman–Crippen MR) is 113 cm³/mol. The van der Waals surface area contributed by atoms with Crippen LogP contribution in [0.15, 0.2) is 27.8 Å². The molecule has 0 saturated heterocycles. The highest BCUT2D eigenvalue weighted by molar-refractivity contribution is 14.0. The molecule has 26 heavy (non-hydrogen) atoms. The Bertz CT molecular complexity index is 517. The van der Waals surface area contributed by atoms with Crippen LogP contribution in [0, 0.1) is 0 Å². The summed E-state index contributed by atoms with van der Waals surface area (Å²) in [5.74, 6) is 1.65. The summed E-state index contributed by atoms with van der Waals surface area (Å²) in [6.45, 7) is 2.48. The largest absolute Gasteiger partial charge is 0.467 e. The Labute approximate surface area is 172 Å². The summed E-state index contributed by atoms with van der Waals surface area (Å²) in [5, 5.41) is 9.46. The van der Waals surface area contributed by atoms with E-state index in [0.717, 1.165) is 31.6 Å². The van der Waals surface area contributed by atoms with Crippen molar-refractivity contribution in [3.63, 3.8) is 0 Å². The van der Waals surface area contributed by atoms with Gasteiger partial charge in [0.1, 0.15) is 12.4 Å². The Morgan fingerprint density at radius 2 is 2.08 bits per heavy atom. The van der Waals surface area contributed by atoms with Crippen molar-refractivity contribution in [3.05, 3.63) is 24.2 Å². The highest BCUT2D eigenvalue weighted by Gasteiger charge is 2.16. The van der Waals surface area contributed by atoms with Crippen molar-refractivity contribution in [1.82, 2.24) is 16.0 Å². The van der Waals surface area contributed by atoms with E-state index in [1.807, 2.05) is 12.1 Å². The Kier molecular flexibility index (Phi) is 12.1. The number of furan rings is 1. The van der Waals surface area contributed by atoms with Gasteiger partial charge in [0.15, 0.2) is 5.96 Å². The first-order valence-corrected chi connectivity index (χ1v) is 9.12. The third-order valence-corrected chi connectivity index (χ3v) is 4.17. The van der Waals surface area contributed by atoms with E-state index in [1.165, 1.54) is 12.8 Å². The second-order valence-corrected chi connectivity index (χ2v) is 6.21. The van der Waals surface area contributed by atoms with Crippen LogP contribution in [0.3, 0.4) is 0 Å². The van der Waals surface area contributed by atoms with Crippen LogP contribution < -0.4 is 16.0 Å². The van der Waals surface area contributed by atoms with E-state index in [1.54, 1.807) is 13.3 Å². The Morgan fingerprint density at radius 1 is 1.31 bits per heavy atom. The van der Waals surface area contributed by atoms with Crippen molar-refractivity contribution in [2.24, 2.45) is 4.99 Å². The average Bonchev–Trinajstić information content (AvgIpc) is 3.30. The molecule has 1 heterocycles. The molecule has 1 aromatic heterocycles. The number of amides is 1. The van der Waals surface area contributed by atoms with Gasteiger partial charge in [0.2, 0.25) is 5.91 Å². The number of hydrogen-bond donors (Lipinski definition) is 3. The highest BCUT2D eigenvalue weighted by atomic mass is 127. The summed E-state index contributed by atoms with van der Waals surface area (Å²) in [7, 11) is 1.72. The highest BCUT2D eigenvalue weighted by Crippen LogP contribution is 2.17. The van der Waals surface area contributed by atoms with Gasteiger partial charge >= 0.3 is 0 Å². The predicted octanol–water partition coefficient (Wildman–Crippen LogP) is 2.42. The topological polar surface area (TPSA) is 87.9 Å². The van der Waals surface area contributed by atoms with E-state index in [4.69, 9.17) is 9.15 Å². The number of ether oxygens (including phenoxy) is 1. The molecule has 0 spiro atoms. The molecule has 0 aliphatic heterocycles. The van der Waals surface area contributed by atoms with Gasteiger partial charge in [-0.25, -0.2) is 0 Å². The lowest BCUT2D eigenvalue weighted by Gasteiger charge is -2.14. The van der Waals surface area contributed by atoms with E-state index in [-0.39, 0.29) is 29.9 Å². The Hall–Kier alpha value is -1.29. The Balaban J connectivity index is 0.00000338. The number of rotatable bonds is 10. The summed E-state index contributed by atoms with van der Waals surface area (Å²) in [6, 6.07) is 4.13. The number of guanidine groups is 1. The monoisotopic (exact) mass is 478 g/mol. The summed E-state index contributed by atoms with van der Waals surface area (Å²) in [4.78, 5) is 16.0. The zero-order valence-electron chi connectivity index (χ0n) is 15.5. The van der Waals surface area contributed by atoms with Gasteiger partial charge in [-0.05, 0) is 31.4 Å². The van der Waals surface area contributed by atoms with Crippen LogP contribution in [0.2, 0.25) is 0 Å². The van der Waals surface area contributed by atoms with Crippen molar-refractivity contribution >= 4 is 35.8 Å². The van der Waals surface area contributed by atoms with Gasteiger partial charge in [0.25, 0.3) is 0 Å². The third-order valence-electron chi connectivity index (χ3n) is 4.17. The molecule has 3 N–H and O–H groups in total. The molecule has 0 unspecified atom stereocenters. The molecule has 2 rings (SSSR count). The van der Waals surface area contributed by atoms with E-state index in [2.05, 4.69) is 20.9 Å². The van der Waals surface area contributed by atoms with Gasteiger partial charge in [-0.15, -0.1) is 24.0 Å². The lowest BCUT2D eigenvalue weighted by atomic mass is 10.2. The van der Waals surface area contributed by atoms with Gasteiger partial charge in [-0.2, -0.15) is 0 Å². The van der Waals surface area contributed by atoms with Crippen molar-refractivity contribution in [3.8, 4) is 0 Å². The Morgan fingerprint density at radius 3 is 2.77 bits per heavy atom. The molecule has 1 aliphatic carbocycles. The minimum Gasteiger partial charge on any atom is -0.467 e. The van der Waals surface area contributed by atoms with Crippen molar-refractivity contribution in [1.29, 1.82) is 0 Å². The van der Waals surface area contributed by atoms with Crippen molar-refractivity contribution in [2.75, 3.05) is 26.7 Å². The fraction of sp³-hybridized carbons (Fsp3) is 0.667. The molecule has 1 aromatic rings. The van der Waals surface area contributed by atoms with Crippen LogP contribution in [0.5, 0.6) is 0 Å². The molecule has 1 fully saturated rings. The van der Waals surface area contributed by atoms with Crippen LogP contribution in [-0.4, -0.2) is 44.7 Å². The lowest BCUT2D eigenvalue weighted by molar-refractivity contribution is -0.121. The lowest BCUT2D eigenvalue weighted by Crippen LogP contribution is -2.40. The number of nitrogens with zero attached hydrogens (tertiary/aromatic N) is 1. The number of nitrogens with one attached hydrogen (secondary N) is 3. The molecule has 1 saturated carbocycles.